The Labute approximate surface area is 128 Å². The smallest absolute Gasteiger partial charge is 0.178 e. The van der Waals surface area contributed by atoms with E-state index in [1.807, 2.05) is 19.1 Å². The van der Waals surface area contributed by atoms with Crippen molar-refractivity contribution in [3.63, 3.8) is 0 Å². The summed E-state index contributed by atoms with van der Waals surface area (Å²) in [5, 5.41) is 3.41. The summed E-state index contributed by atoms with van der Waals surface area (Å²) in [5.41, 5.74) is 7.11. The van der Waals surface area contributed by atoms with Gasteiger partial charge < -0.3 is 11.1 Å². The fraction of sp³-hybridized carbons (Fsp3) is 0.625. The van der Waals surface area contributed by atoms with Crippen molar-refractivity contribution in [1.29, 1.82) is 0 Å². The SMILES string of the molecule is CCCS(=O)(=O)c1ccc(NCC2(CN)CCCC2)cc1. The van der Waals surface area contributed by atoms with Crippen LogP contribution in [0.3, 0.4) is 0 Å². The van der Waals surface area contributed by atoms with Gasteiger partial charge in [-0.1, -0.05) is 19.8 Å². The summed E-state index contributed by atoms with van der Waals surface area (Å²) in [6, 6.07) is 7.08. The molecule has 5 heteroatoms. The van der Waals surface area contributed by atoms with Gasteiger partial charge in [-0.05, 0) is 55.5 Å². The Morgan fingerprint density at radius 2 is 1.81 bits per heavy atom. The van der Waals surface area contributed by atoms with Gasteiger partial charge in [0.15, 0.2) is 9.84 Å². The lowest BCUT2D eigenvalue weighted by Gasteiger charge is -2.28. The Balaban J connectivity index is 2.00. The van der Waals surface area contributed by atoms with E-state index in [2.05, 4.69) is 5.32 Å². The van der Waals surface area contributed by atoms with E-state index in [0.717, 1.165) is 12.2 Å². The van der Waals surface area contributed by atoms with Gasteiger partial charge in [0.2, 0.25) is 0 Å². The van der Waals surface area contributed by atoms with Crippen molar-refractivity contribution in [3.05, 3.63) is 24.3 Å². The topological polar surface area (TPSA) is 72.2 Å². The molecule has 0 heterocycles. The molecule has 118 valence electrons. The molecule has 3 N–H and O–H groups in total. The second kappa shape index (κ2) is 6.79. The van der Waals surface area contributed by atoms with Crippen LogP contribution in [0, 0.1) is 5.41 Å². The summed E-state index contributed by atoms with van der Waals surface area (Å²) in [7, 11) is -3.12. The molecule has 1 aromatic rings. The van der Waals surface area contributed by atoms with Crippen LogP contribution in [0.5, 0.6) is 0 Å². The second-order valence-corrected chi connectivity index (χ2v) is 8.22. The third-order valence-electron chi connectivity index (χ3n) is 4.45. The normalized spacial score (nSPS) is 17.8. The summed E-state index contributed by atoms with van der Waals surface area (Å²) in [4.78, 5) is 0.407. The van der Waals surface area contributed by atoms with Gasteiger partial charge in [0.05, 0.1) is 10.6 Å². The molecule has 0 spiro atoms. The molecule has 1 aliphatic carbocycles. The van der Waals surface area contributed by atoms with Crippen LogP contribution in [0.15, 0.2) is 29.2 Å². The van der Waals surface area contributed by atoms with Crippen LogP contribution < -0.4 is 11.1 Å². The number of anilines is 1. The average Bonchev–Trinajstić information content (AvgIpc) is 2.95. The predicted molar refractivity (Wildman–Crippen MR) is 87.2 cm³/mol. The molecule has 2 rings (SSSR count). The number of nitrogens with one attached hydrogen (secondary N) is 1. The summed E-state index contributed by atoms with van der Waals surface area (Å²) in [5.74, 6) is 0.204. The highest BCUT2D eigenvalue weighted by Crippen LogP contribution is 2.37. The van der Waals surface area contributed by atoms with Gasteiger partial charge in [-0.25, -0.2) is 8.42 Å². The van der Waals surface area contributed by atoms with E-state index >= 15 is 0 Å². The fourth-order valence-corrected chi connectivity index (χ4v) is 4.36. The van der Waals surface area contributed by atoms with E-state index in [-0.39, 0.29) is 11.2 Å². The summed E-state index contributed by atoms with van der Waals surface area (Å²) >= 11 is 0. The predicted octanol–water partition coefficient (Wildman–Crippen LogP) is 2.80. The van der Waals surface area contributed by atoms with Gasteiger partial charge in [0, 0.05) is 12.2 Å². The third kappa shape index (κ3) is 3.98. The van der Waals surface area contributed by atoms with E-state index in [0.29, 0.717) is 17.9 Å². The van der Waals surface area contributed by atoms with E-state index in [4.69, 9.17) is 5.73 Å². The summed E-state index contributed by atoms with van der Waals surface area (Å²) in [6.45, 7) is 3.45. The molecule has 4 nitrogen and oxygen atoms in total. The highest BCUT2D eigenvalue weighted by Gasteiger charge is 2.32. The maximum Gasteiger partial charge on any atom is 0.178 e. The molecule has 0 aliphatic heterocycles. The molecule has 1 aliphatic rings. The van der Waals surface area contributed by atoms with Crippen molar-refractivity contribution in [2.75, 3.05) is 24.2 Å². The van der Waals surface area contributed by atoms with E-state index in [9.17, 15) is 8.42 Å². The molecular weight excluding hydrogens is 284 g/mol. The fourth-order valence-electron chi connectivity index (χ4n) is 3.03. The zero-order valence-electron chi connectivity index (χ0n) is 12.8. The average molecular weight is 310 g/mol. The van der Waals surface area contributed by atoms with Crippen molar-refractivity contribution >= 4 is 15.5 Å². The molecule has 0 aromatic heterocycles. The first kappa shape index (κ1) is 16.3. The van der Waals surface area contributed by atoms with Crippen molar-refractivity contribution in [2.24, 2.45) is 11.1 Å². The van der Waals surface area contributed by atoms with E-state index in [1.165, 1.54) is 25.7 Å². The molecule has 0 bridgehead atoms. The Morgan fingerprint density at radius 1 is 1.19 bits per heavy atom. The third-order valence-corrected chi connectivity index (χ3v) is 6.39. The number of sulfone groups is 1. The van der Waals surface area contributed by atoms with Crippen LogP contribution in [0.2, 0.25) is 0 Å². The minimum absolute atomic E-state index is 0.204. The van der Waals surface area contributed by atoms with Crippen LogP contribution in [0.4, 0.5) is 5.69 Å². The molecule has 0 unspecified atom stereocenters. The molecule has 0 amide bonds. The van der Waals surface area contributed by atoms with Crippen molar-refractivity contribution in [2.45, 2.75) is 43.9 Å². The van der Waals surface area contributed by atoms with Gasteiger partial charge in [-0.2, -0.15) is 0 Å². The molecule has 1 aromatic carbocycles. The quantitative estimate of drug-likeness (QED) is 0.812. The molecule has 0 atom stereocenters. The first-order valence-corrected chi connectivity index (χ1v) is 9.43. The molecule has 1 fully saturated rings. The zero-order chi connectivity index (χ0) is 15.3. The standard InChI is InChI=1S/C16H26N2O2S/c1-2-11-21(19,20)15-7-5-14(6-8-15)18-13-16(12-17)9-3-4-10-16/h5-8,18H,2-4,9-13,17H2,1H3. The van der Waals surface area contributed by atoms with Crippen molar-refractivity contribution in [1.82, 2.24) is 0 Å². The van der Waals surface area contributed by atoms with Gasteiger partial charge in [-0.15, -0.1) is 0 Å². The van der Waals surface area contributed by atoms with Gasteiger partial charge >= 0.3 is 0 Å². The number of hydrogen-bond donors (Lipinski definition) is 2. The molecule has 21 heavy (non-hydrogen) atoms. The Bertz CT molecular complexity index is 546. The van der Waals surface area contributed by atoms with E-state index in [1.54, 1.807) is 12.1 Å². The minimum Gasteiger partial charge on any atom is -0.384 e. The highest BCUT2D eigenvalue weighted by atomic mass is 32.2. The highest BCUT2D eigenvalue weighted by molar-refractivity contribution is 7.91. The number of hydrogen-bond acceptors (Lipinski definition) is 4. The Kier molecular flexibility index (Phi) is 5.27. The van der Waals surface area contributed by atoms with Crippen LogP contribution in [-0.4, -0.2) is 27.3 Å². The van der Waals surface area contributed by atoms with Crippen LogP contribution in [0.25, 0.3) is 0 Å². The number of benzene rings is 1. The van der Waals surface area contributed by atoms with Crippen molar-refractivity contribution < 1.29 is 8.42 Å². The van der Waals surface area contributed by atoms with Gasteiger partial charge in [0.1, 0.15) is 0 Å². The Morgan fingerprint density at radius 3 is 2.33 bits per heavy atom. The van der Waals surface area contributed by atoms with Gasteiger partial charge in [0.25, 0.3) is 0 Å². The van der Waals surface area contributed by atoms with Crippen molar-refractivity contribution in [3.8, 4) is 0 Å². The van der Waals surface area contributed by atoms with Gasteiger partial charge in [-0.3, -0.25) is 0 Å². The number of rotatable bonds is 7. The second-order valence-electron chi connectivity index (χ2n) is 6.11. The first-order valence-electron chi connectivity index (χ1n) is 7.78. The lowest BCUT2D eigenvalue weighted by atomic mass is 9.86. The zero-order valence-corrected chi connectivity index (χ0v) is 13.6. The molecular formula is C16H26N2O2S. The van der Waals surface area contributed by atoms with Crippen LogP contribution in [0.1, 0.15) is 39.0 Å². The van der Waals surface area contributed by atoms with Crippen LogP contribution >= 0.6 is 0 Å². The Hall–Kier alpha value is -1.07. The molecule has 0 saturated heterocycles. The van der Waals surface area contributed by atoms with E-state index < -0.39 is 9.84 Å². The lowest BCUT2D eigenvalue weighted by Crippen LogP contribution is -2.34. The lowest BCUT2D eigenvalue weighted by molar-refractivity contribution is 0.332. The molecule has 0 radical (unpaired) electrons. The maximum atomic E-state index is 12.0. The molecule has 1 saturated carbocycles. The van der Waals surface area contributed by atoms with Crippen LogP contribution in [-0.2, 0) is 9.84 Å². The summed E-state index contributed by atoms with van der Waals surface area (Å²) < 4.78 is 23.9. The first-order chi connectivity index (χ1) is 10.0. The maximum absolute atomic E-state index is 12.0. The monoisotopic (exact) mass is 310 g/mol. The largest absolute Gasteiger partial charge is 0.384 e. The summed E-state index contributed by atoms with van der Waals surface area (Å²) in [6.07, 6.45) is 5.51. The minimum atomic E-state index is -3.12. The number of nitrogens with two attached hydrogens (primary N) is 1.